The normalized spacial score (nSPS) is 17.1. The van der Waals surface area contributed by atoms with Crippen molar-refractivity contribution in [1.29, 1.82) is 0 Å². The highest BCUT2D eigenvalue weighted by Crippen LogP contribution is 2.30. The average Bonchev–Trinajstić information content (AvgIpc) is 2.53. The van der Waals surface area contributed by atoms with Crippen molar-refractivity contribution >= 4 is 11.7 Å². The van der Waals surface area contributed by atoms with E-state index in [9.17, 15) is 10.0 Å². The Labute approximate surface area is 126 Å². The zero-order chi connectivity index (χ0) is 15.7. The quantitative estimate of drug-likeness (QED) is 0.833. The third kappa shape index (κ3) is 2.59. The number of nitrogens with two attached hydrogens (primary N) is 1. The van der Waals surface area contributed by atoms with E-state index in [0.29, 0.717) is 34.3 Å². The van der Waals surface area contributed by atoms with Crippen molar-refractivity contribution in [2.75, 3.05) is 12.2 Å². The third-order valence-corrected chi connectivity index (χ3v) is 3.36. The van der Waals surface area contributed by atoms with E-state index in [1.165, 1.54) is 6.20 Å². The van der Waals surface area contributed by atoms with Crippen LogP contribution >= 0.6 is 0 Å². The van der Waals surface area contributed by atoms with Gasteiger partial charge in [-0.05, 0) is 18.2 Å². The van der Waals surface area contributed by atoms with Crippen LogP contribution < -0.4 is 20.3 Å². The minimum Gasteiger partial charge on any atom is -0.497 e. The fourth-order valence-electron chi connectivity index (χ4n) is 2.26. The molecule has 1 amide bonds. The van der Waals surface area contributed by atoms with Crippen molar-refractivity contribution < 1.29 is 19.5 Å². The number of ether oxygens (including phenoxy) is 2. The van der Waals surface area contributed by atoms with Crippen molar-refractivity contribution in [3.8, 4) is 17.2 Å². The molecule has 0 bridgehead atoms. The zero-order valence-electron chi connectivity index (χ0n) is 11.9. The third-order valence-electron chi connectivity index (χ3n) is 3.36. The Hall–Kier alpha value is -2.64. The van der Waals surface area contributed by atoms with Crippen LogP contribution in [0.3, 0.4) is 0 Å². The van der Waals surface area contributed by atoms with Gasteiger partial charge in [0.05, 0.1) is 19.3 Å². The van der Waals surface area contributed by atoms with Crippen molar-refractivity contribution in [1.82, 2.24) is 4.98 Å². The fourth-order valence-corrected chi connectivity index (χ4v) is 2.26. The maximum Gasteiger partial charge on any atom is 0.269 e. The number of aromatic nitrogens is 1. The smallest absolute Gasteiger partial charge is 0.269 e. The molecule has 0 aliphatic carbocycles. The molecular weight excluding hydrogens is 286 g/mol. The minimum atomic E-state index is -0.786. The summed E-state index contributed by atoms with van der Waals surface area (Å²) in [7, 11) is 1.58. The van der Waals surface area contributed by atoms with Gasteiger partial charge >= 0.3 is 0 Å². The molecule has 0 saturated carbocycles. The predicted molar refractivity (Wildman–Crippen MR) is 78.3 cm³/mol. The number of carbonyl (C=O) groups excluding carboxylic acids is 1. The summed E-state index contributed by atoms with van der Waals surface area (Å²) in [5.41, 5.74) is 6.34. The number of hydrogen-bond donors (Lipinski definition) is 2. The molecular formula is C15H15N3O4. The van der Waals surface area contributed by atoms with Crippen molar-refractivity contribution in [2.45, 2.75) is 12.5 Å². The molecule has 7 heteroatoms. The number of nitrogens with zero attached hydrogens (tertiary/aromatic N) is 2. The number of fused-ring (bicyclic) bond motifs is 1. The maximum absolute atomic E-state index is 11.6. The van der Waals surface area contributed by atoms with Gasteiger partial charge in [0.25, 0.3) is 5.91 Å². The van der Waals surface area contributed by atoms with Crippen LogP contribution in [0.15, 0.2) is 36.5 Å². The molecule has 1 aliphatic rings. The SMILES string of the molecule is COc1cccc(Oc2cnc3c(c2)C[C@H](N)C(=O)N3O)c1. The summed E-state index contributed by atoms with van der Waals surface area (Å²) in [4.78, 5) is 15.7. The fraction of sp³-hybridized carbons (Fsp3) is 0.200. The first-order chi connectivity index (χ1) is 10.6. The molecule has 1 aliphatic heterocycles. The number of hydrogen-bond acceptors (Lipinski definition) is 6. The lowest BCUT2D eigenvalue weighted by molar-refractivity contribution is -0.125. The molecule has 1 aromatic carbocycles. The molecule has 0 radical (unpaired) electrons. The van der Waals surface area contributed by atoms with Crippen LogP contribution in [-0.4, -0.2) is 29.3 Å². The molecule has 3 N–H and O–H groups in total. The number of amides is 1. The number of methoxy groups -OCH3 is 1. The Morgan fingerprint density at radius 1 is 1.32 bits per heavy atom. The number of rotatable bonds is 3. The summed E-state index contributed by atoms with van der Waals surface area (Å²) in [6.07, 6.45) is 1.74. The molecule has 22 heavy (non-hydrogen) atoms. The molecule has 1 aromatic heterocycles. The van der Waals surface area contributed by atoms with E-state index in [-0.39, 0.29) is 5.82 Å². The lowest BCUT2D eigenvalue weighted by Gasteiger charge is -2.26. The molecule has 0 spiro atoms. The minimum absolute atomic E-state index is 0.185. The van der Waals surface area contributed by atoms with Crippen molar-refractivity contribution in [3.05, 3.63) is 42.1 Å². The molecule has 0 fully saturated rings. The van der Waals surface area contributed by atoms with Gasteiger partial charge in [-0.1, -0.05) is 6.07 Å². The first-order valence-corrected chi connectivity index (χ1v) is 6.67. The van der Waals surface area contributed by atoms with Gasteiger partial charge in [0.15, 0.2) is 5.82 Å². The predicted octanol–water partition coefficient (Wildman–Crippen LogP) is 1.49. The van der Waals surface area contributed by atoms with E-state index in [1.807, 2.05) is 12.1 Å². The Balaban J connectivity index is 1.87. The van der Waals surface area contributed by atoms with Crippen LogP contribution in [-0.2, 0) is 11.2 Å². The molecule has 114 valence electrons. The highest BCUT2D eigenvalue weighted by molar-refractivity contribution is 5.97. The van der Waals surface area contributed by atoms with Crippen LogP contribution in [0.5, 0.6) is 17.2 Å². The molecule has 2 heterocycles. The Kier molecular flexibility index (Phi) is 3.66. The second-order valence-electron chi connectivity index (χ2n) is 4.90. The molecule has 0 saturated heterocycles. The Bertz CT molecular complexity index is 720. The van der Waals surface area contributed by atoms with Crippen LogP contribution in [0.25, 0.3) is 0 Å². The van der Waals surface area contributed by atoms with Gasteiger partial charge < -0.3 is 15.2 Å². The molecule has 2 aromatic rings. The number of anilines is 1. The van der Waals surface area contributed by atoms with Crippen LogP contribution in [0, 0.1) is 0 Å². The van der Waals surface area contributed by atoms with Gasteiger partial charge in [-0.2, -0.15) is 5.06 Å². The lowest BCUT2D eigenvalue weighted by Crippen LogP contribution is -2.47. The topological polar surface area (TPSA) is 97.9 Å². The van der Waals surface area contributed by atoms with E-state index in [4.69, 9.17) is 15.2 Å². The van der Waals surface area contributed by atoms with Crippen LogP contribution in [0.4, 0.5) is 5.82 Å². The monoisotopic (exact) mass is 301 g/mol. The largest absolute Gasteiger partial charge is 0.497 e. The highest BCUT2D eigenvalue weighted by atomic mass is 16.5. The first kappa shape index (κ1) is 14.3. The van der Waals surface area contributed by atoms with E-state index in [0.717, 1.165) is 0 Å². The Morgan fingerprint density at radius 2 is 2.09 bits per heavy atom. The second-order valence-corrected chi connectivity index (χ2v) is 4.90. The molecule has 1 atom stereocenters. The second kappa shape index (κ2) is 5.63. The summed E-state index contributed by atoms with van der Waals surface area (Å²) >= 11 is 0. The van der Waals surface area contributed by atoms with Crippen molar-refractivity contribution in [3.63, 3.8) is 0 Å². The summed E-state index contributed by atoms with van der Waals surface area (Å²) in [5.74, 6) is 1.38. The summed E-state index contributed by atoms with van der Waals surface area (Å²) in [5, 5.41) is 10.2. The molecule has 3 rings (SSSR count). The average molecular weight is 301 g/mol. The number of hydroxylamine groups is 1. The van der Waals surface area contributed by atoms with E-state index < -0.39 is 11.9 Å². The van der Waals surface area contributed by atoms with E-state index >= 15 is 0 Å². The van der Waals surface area contributed by atoms with E-state index in [1.54, 1.807) is 25.3 Å². The van der Waals surface area contributed by atoms with Gasteiger partial charge in [-0.3, -0.25) is 10.0 Å². The molecule has 0 unspecified atom stereocenters. The zero-order valence-corrected chi connectivity index (χ0v) is 11.9. The standard InChI is InChI=1S/C15H15N3O4/c1-21-10-3-2-4-11(7-10)22-12-5-9-6-13(16)15(19)18(20)14(9)17-8-12/h2-5,7-8,13,20H,6,16H2,1H3/t13-/m0/s1. The highest BCUT2D eigenvalue weighted by Gasteiger charge is 2.31. The summed E-state index contributed by atoms with van der Waals surface area (Å²) < 4.78 is 10.8. The van der Waals surface area contributed by atoms with Gasteiger partial charge in [0, 0.05) is 18.1 Å². The van der Waals surface area contributed by atoms with Crippen molar-refractivity contribution in [2.24, 2.45) is 5.73 Å². The van der Waals surface area contributed by atoms with Crippen LogP contribution in [0.2, 0.25) is 0 Å². The van der Waals surface area contributed by atoms with E-state index in [2.05, 4.69) is 4.98 Å². The molecule has 7 nitrogen and oxygen atoms in total. The number of carbonyl (C=O) groups is 1. The van der Waals surface area contributed by atoms with Crippen LogP contribution in [0.1, 0.15) is 5.56 Å². The van der Waals surface area contributed by atoms with Gasteiger partial charge in [-0.25, -0.2) is 4.98 Å². The van der Waals surface area contributed by atoms with Gasteiger partial charge in [0.2, 0.25) is 0 Å². The first-order valence-electron chi connectivity index (χ1n) is 6.67. The summed E-state index contributed by atoms with van der Waals surface area (Å²) in [6.45, 7) is 0. The van der Waals surface area contributed by atoms with Gasteiger partial charge in [0.1, 0.15) is 17.2 Å². The Morgan fingerprint density at radius 3 is 2.86 bits per heavy atom. The lowest BCUT2D eigenvalue weighted by atomic mass is 10.0. The summed E-state index contributed by atoms with van der Waals surface area (Å²) in [6, 6.07) is 8.07. The number of pyridine rings is 1. The van der Waals surface area contributed by atoms with Gasteiger partial charge in [-0.15, -0.1) is 0 Å². The number of benzene rings is 1. The maximum atomic E-state index is 11.6.